The Labute approximate surface area is 65.4 Å². The van der Waals surface area contributed by atoms with E-state index in [1.807, 2.05) is 0 Å². The molecule has 0 saturated carbocycles. The number of hydrogen-bond donors (Lipinski definition) is 2. The second-order valence-corrected chi connectivity index (χ2v) is 1.80. The van der Waals surface area contributed by atoms with Crippen LogP contribution >= 0.6 is 0 Å². The van der Waals surface area contributed by atoms with Crippen LogP contribution in [0.4, 0.5) is 0 Å². The predicted octanol–water partition coefficient (Wildman–Crippen LogP) is 0.927. The number of phenolic OH excluding ortho intramolecular Hbond substituents is 1. The molecule has 1 rings (SSSR count). The Kier molecular flexibility index (Phi) is 1.09. The Morgan fingerprint density at radius 3 is 2.40 bits per heavy atom. The van der Waals surface area contributed by atoms with Crippen LogP contribution in [0.25, 0.3) is 0 Å². The van der Waals surface area contributed by atoms with Gasteiger partial charge in [0.2, 0.25) is 0 Å². The van der Waals surface area contributed by atoms with E-state index in [0.29, 0.717) is 0 Å². The zero-order valence-corrected chi connectivity index (χ0v) is 5.31. The van der Waals surface area contributed by atoms with E-state index in [4.69, 9.17) is 10.6 Å². The van der Waals surface area contributed by atoms with Gasteiger partial charge in [-0.25, -0.2) is 0 Å². The fraction of sp³-hybridized carbons (Fsp3) is 0.250. The lowest BCUT2D eigenvalue weighted by Gasteiger charge is -1.96. The number of benzene rings is 1. The number of aliphatic hydroxyl groups is 1. The van der Waals surface area contributed by atoms with Crippen molar-refractivity contribution in [3.8, 4) is 5.75 Å². The first-order valence-corrected chi connectivity index (χ1v) is 2.89. The summed E-state index contributed by atoms with van der Waals surface area (Å²) in [4.78, 5) is 0. The summed E-state index contributed by atoms with van der Waals surface area (Å²) in [6.07, 6.45) is 0.0513. The van der Waals surface area contributed by atoms with Crippen LogP contribution < -0.4 is 0 Å². The van der Waals surface area contributed by atoms with Crippen LogP contribution in [-0.2, 0) is 6.42 Å². The van der Waals surface area contributed by atoms with Crippen molar-refractivity contribution in [2.45, 2.75) is 6.42 Å². The molecule has 0 aliphatic rings. The van der Waals surface area contributed by atoms with E-state index in [0.717, 1.165) is 0 Å². The SMILES string of the molecule is [2H]c1c([2H])c(CCO)c([2H])c([2H])c1O. The van der Waals surface area contributed by atoms with E-state index in [9.17, 15) is 5.11 Å². The van der Waals surface area contributed by atoms with Gasteiger partial charge < -0.3 is 10.2 Å². The molecule has 54 valence electrons. The van der Waals surface area contributed by atoms with Crippen LogP contribution in [0.3, 0.4) is 0 Å². The molecule has 1 aromatic carbocycles. The Morgan fingerprint density at radius 2 is 1.90 bits per heavy atom. The normalized spacial score (nSPS) is 15.3. The van der Waals surface area contributed by atoms with E-state index in [-0.39, 0.29) is 30.7 Å². The zero-order chi connectivity index (χ0) is 10.9. The van der Waals surface area contributed by atoms with Crippen LogP contribution in [0, 0.1) is 0 Å². The van der Waals surface area contributed by atoms with Crippen LogP contribution in [0.1, 0.15) is 11.0 Å². The molecule has 2 nitrogen and oxygen atoms in total. The maximum absolute atomic E-state index is 9.18. The lowest BCUT2D eigenvalue weighted by atomic mass is 10.2. The summed E-state index contributed by atoms with van der Waals surface area (Å²) < 4.78 is 29.4. The third-order valence-electron chi connectivity index (χ3n) is 1.03. The van der Waals surface area contributed by atoms with E-state index >= 15 is 0 Å². The largest absolute Gasteiger partial charge is 0.508 e. The molecule has 0 radical (unpaired) electrons. The molecule has 10 heavy (non-hydrogen) atoms. The molecule has 1 aromatic rings. The molecule has 0 aliphatic carbocycles. The van der Waals surface area contributed by atoms with Crippen LogP contribution in [0.5, 0.6) is 5.75 Å². The Hall–Kier alpha value is -1.02. The molecule has 0 aromatic heterocycles. The van der Waals surface area contributed by atoms with E-state index < -0.39 is 17.8 Å². The first-order chi connectivity index (χ1) is 6.50. The minimum Gasteiger partial charge on any atom is -0.508 e. The average molecular weight is 142 g/mol. The Bertz CT molecular complexity index is 336. The molecule has 0 aliphatic heterocycles. The van der Waals surface area contributed by atoms with Gasteiger partial charge in [-0.3, -0.25) is 0 Å². The van der Waals surface area contributed by atoms with Gasteiger partial charge in [0.05, 0.1) is 5.48 Å². The minimum atomic E-state index is -0.651. The highest BCUT2D eigenvalue weighted by Gasteiger charge is 1.90. The van der Waals surface area contributed by atoms with E-state index in [2.05, 4.69) is 0 Å². The molecule has 0 saturated heterocycles. The molecular formula is C8H10O2. The van der Waals surface area contributed by atoms with Gasteiger partial charge in [-0.15, -0.1) is 0 Å². The van der Waals surface area contributed by atoms with Crippen molar-refractivity contribution < 1.29 is 15.7 Å². The van der Waals surface area contributed by atoms with Gasteiger partial charge in [-0.2, -0.15) is 0 Å². The number of hydrogen-bond acceptors (Lipinski definition) is 2. The molecule has 0 heterocycles. The summed E-state index contributed by atoms with van der Waals surface area (Å²) in [5, 5.41) is 17.9. The number of aromatic hydroxyl groups is 1. The number of rotatable bonds is 2. The summed E-state index contributed by atoms with van der Waals surface area (Å²) in [5.41, 5.74) is 0.125. The predicted molar refractivity (Wildman–Crippen MR) is 38.9 cm³/mol. The van der Waals surface area contributed by atoms with Gasteiger partial charge in [0.25, 0.3) is 0 Å². The van der Waals surface area contributed by atoms with E-state index in [1.165, 1.54) is 0 Å². The van der Waals surface area contributed by atoms with Crippen LogP contribution in [0.2, 0.25) is 0 Å². The van der Waals surface area contributed by atoms with Crippen molar-refractivity contribution in [1.29, 1.82) is 0 Å². The first kappa shape index (κ1) is 3.39. The quantitative estimate of drug-likeness (QED) is 0.644. The maximum atomic E-state index is 9.18. The zero-order valence-electron chi connectivity index (χ0n) is 9.31. The van der Waals surface area contributed by atoms with Gasteiger partial charge >= 0.3 is 0 Å². The maximum Gasteiger partial charge on any atom is 0.115 e. The fourth-order valence-electron chi connectivity index (χ4n) is 0.569. The molecule has 0 unspecified atom stereocenters. The Balaban J connectivity index is 3.43. The second-order valence-electron chi connectivity index (χ2n) is 1.80. The van der Waals surface area contributed by atoms with Gasteiger partial charge in [0, 0.05) is 6.61 Å². The van der Waals surface area contributed by atoms with Gasteiger partial charge in [-0.05, 0) is 24.1 Å². The average Bonchev–Trinajstić information content (AvgIpc) is 2.19. The standard InChI is InChI=1S/C8H10O2/c9-6-5-7-1-3-8(10)4-2-7/h1-4,9-10H,5-6H2/i1D,2D,3D,4D. The van der Waals surface area contributed by atoms with Gasteiger partial charge in [0.1, 0.15) is 5.75 Å². The van der Waals surface area contributed by atoms with Crippen molar-refractivity contribution in [1.82, 2.24) is 0 Å². The van der Waals surface area contributed by atoms with Crippen molar-refractivity contribution in [3.05, 3.63) is 29.7 Å². The van der Waals surface area contributed by atoms with Gasteiger partial charge in [0.15, 0.2) is 0 Å². The molecule has 2 heteroatoms. The Morgan fingerprint density at radius 1 is 1.30 bits per heavy atom. The molecule has 0 spiro atoms. The van der Waals surface area contributed by atoms with Crippen LogP contribution in [-0.4, -0.2) is 16.8 Å². The number of phenols is 1. The van der Waals surface area contributed by atoms with Crippen molar-refractivity contribution in [2.24, 2.45) is 0 Å². The first-order valence-electron chi connectivity index (χ1n) is 4.89. The minimum absolute atomic E-state index is 0.0513. The highest BCUT2D eigenvalue weighted by molar-refractivity contribution is 5.25. The lowest BCUT2D eigenvalue weighted by molar-refractivity contribution is 0.299. The number of aliphatic hydroxyl groups excluding tert-OH is 1. The summed E-state index contributed by atoms with van der Waals surface area (Å²) in [6.45, 7) is -0.249. The van der Waals surface area contributed by atoms with Crippen LogP contribution in [0.15, 0.2) is 24.2 Å². The summed E-state index contributed by atoms with van der Waals surface area (Å²) in [7, 11) is 0. The molecule has 2 N–H and O–H groups in total. The highest BCUT2D eigenvalue weighted by Crippen LogP contribution is 2.09. The van der Waals surface area contributed by atoms with Crippen molar-refractivity contribution >= 4 is 0 Å². The molecule has 0 amide bonds. The third kappa shape index (κ3) is 1.74. The molecular weight excluding hydrogens is 128 g/mol. The second kappa shape index (κ2) is 3.22. The topological polar surface area (TPSA) is 40.5 Å². The summed E-state index contributed by atoms with van der Waals surface area (Å²) >= 11 is 0. The summed E-state index contributed by atoms with van der Waals surface area (Å²) in [5.74, 6) is -0.651. The fourth-order valence-corrected chi connectivity index (χ4v) is 0.569. The van der Waals surface area contributed by atoms with E-state index in [1.54, 1.807) is 0 Å². The highest BCUT2D eigenvalue weighted by atomic mass is 16.3. The third-order valence-corrected chi connectivity index (χ3v) is 1.03. The summed E-state index contributed by atoms with van der Waals surface area (Å²) in [6, 6.07) is -1.51. The lowest BCUT2D eigenvalue weighted by Crippen LogP contribution is -1.88. The molecule has 0 atom stereocenters. The van der Waals surface area contributed by atoms with Crippen molar-refractivity contribution in [3.63, 3.8) is 0 Å². The monoisotopic (exact) mass is 142 g/mol. The van der Waals surface area contributed by atoms with Gasteiger partial charge in [-0.1, -0.05) is 12.1 Å². The van der Waals surface area contributed by atoms with Crippen molar-refractivity contribution in [2.75, 3.05) is 6.61 Å². The molecule has 0 fully saturated rings. The smallest absolute Gasteiger partial charge is 0.115 e. The molecule has 0 bridgehead atoms.